The highest BCUT2D eigenvalue weighted by Gasteiger charge is 2.17. The molecule has 1 aromatic carbocycles. The highest BCUT2D eigenvalue weighted by Crippen LogP contribution is 2.18. The molecule has 1 fully saturated rings. The van der Waals surface area contributed by atoms with Gasteiger partial charge in [0.25, 0.3) is 11.8 Å². The molecule has 2 aromatic rings. The van der Waals surface area contributed by atoms with E-state index in [4.69, 9.17) is 0 Å². The molecule has 9 heteroatoms. The van der Waals surface area contributed by atoms with Gasteiger partial charge < -0.3 is 15.5 Å². The van der Waals surface area contributed by atoms with E-state index in [0.717, 1.165) is 38.3 Å². The summed E-state index contributed by atoms with van der Waals surface area (Å²) in [4.78, 5) is 34.5. The maximum absolute atomic E-state index is 12.8. The predicted octanol–water partition coefficient (Wildman–Crippen LogP) is 3.00. The Hall–Kier alpha value is -3.06. The summed E-state index contributed by atoms with van der Waals surface area (Å²) < 4.78 is 0.448. The molecule has 1 saturated heterocycles. The van der Waals surface area contributed by atoms with Gasteiger partial charge in [-0.2, -0.15) is 5.26 Å². The Morgan fingerprint density at radius 3 is 2.57 bits per heavy atom. The van der Waals surface area contributed by atoms with Crippen LogP contribution in [-0.2, 0) is 4.79 Å². The van der Waals surface area contributed by atoms with E-state index >= 15 is 0 Å². The summed E-state index contributed by atoms with van der Waals surface area (Å²) in [5.74, 6) is -0.710. The molecule has 35 heavy (non-hydrogen) atoms. The first-order valence-corrected chi connectivity index (χ1v) is 12.5. The maximum atomic E-state index is 12.8. The SMILES string of the molecule is CCC(NC(=O)/C(C#N)=C/c1cc(C(=O)NCCN2CCN(C)CC2)cc(Br)n1)c1ccccc1. The largest absolute Gasteiger partial charge is 0.351 e. The van der Waals surface area contributed by atoms with Crippen molar-refractivity contribution < 1.29 is 9.59 Å². The fraction of sp³-hybridized carbons (Fsp3) is 0.385. The number of pyridine rings is 1. The fourth-order valence-electron chi connectivity index (χ4n) is 3.86. The number of nitriles is 1. The number of nitrogens with zero attached hydrogens (tertiary/aromatic N) is 4. The third-order valence-corrected chi connectivity index (χ3v) is 6.36. The molecule has 0 aliphatic carbocycles. The minimum Gasteiger partial charge on any atom is -0.351 e. The van der Waals surface area contributed by atoms with E-state index in [-0.39, 0.29) is 17.5 Å². The Kier molecular flexibility index (Phi) is 9.97. The van der Waals surface area contributed by atoms with Crippen LogP contribution in [0.25, 0.3) is 6.08 Å². The highest BCUT2D eigenvalue weighted by molar-refractivity contribution is 9.10. The van der Waals surface area contributed by atoms with Crippen molar-refractivity contribution in [3.05, 3.63) is 69.5 Å². The molecule has 0 saturated carbocycles. The lowest BCUT2D eigenvalue weighted by molar-refractivity contribution is -0.117. The molecule has 1 aromatic heterocycles. The van der Waals surface area contributed by atoms with Crippen molar-refractivity contribution in [3.63, 3.8) is 0 Å². The second-order valence-corrected chi connectivity index (χ2v) is 9.33. The van der Waals surface area contributed by atoms with Gasteiger partial charge in [-0.25, -0.2) is 4.98 Å². The van der Waals surface area contributed by atoms with E-state index in [9.17, 15) is 14.9 Å². The smallest absolute Gasteiger partial charge is 0.262 e. The van der Waals surface area contributed by atoms with Crippen molar-refractivity contribution in [2.24, 2.45) is 0 Å². The fourth-order valence-corrected chi connectivity index (χ4v) is 4.31. The number of rotatable bonds is 9. The molecular weight excluding hydrogens is 508 g/mol. The highest BCUT2D eigenvalue weighted by atomic mass is 79.9. The van der Waals surface area contributed by atoms with Gasteiger partial charge in [0.05, 0.1) is 11.7 Å². The molecule has 8 nitrogen and oxygen atoms in total. The lowest BCUT2D eigenvalue weighted by atomic mass is 10.0. The number of hydrogen-bond acceptors (Lipinski definition) is 6. The van der Waals surface area contributed by atoms with E-state index in [1.165, 1.54) is 6.08 Å². The number of benzene rings is 1. The standard InChI is InChI=1S/C26H31BrN6O2/c1-3-23(19-7-5-4-6-8-19)31-26(35)21(18-28)16-22-15-20(17-24(27)30-22)25(34)29-9-10-33-13-11-32(2)12-14-33/h4-8,15-17,23H,3,9-14H2,1-2H3,(H,29,34)(H,31,35)/b21-16+. The topological polar surface area (TPSA) is 101 Å². The number of halogens is 1. The van der Waals surface area contributed by atoms with Gasteiger partial charge in [0.15, 0.2) is 0 Å². The summed E-state index contributed by atoms with van der Waals surface area (Å²) in [5, 5.41) is 15.5. The number of likely N-dealkylation sites (N-methyl/N-ethyl adjacent to an activating group) is 1. The van der Waals surface area contributed by atoms with Crippen LogP contribution in [0.4, 0.5) is 0 Å². The summed E-state index contributed by atoms with van der Waals surface area (Å²) in [6.45, 7) is 7.34. The molecule has 0 radical (unpaired) electrons. The molecule has 2 amide bonds. The Morgan fingerprint density at radius 2 is 1.91 bits per heavy atom. The minimum absolute atomic E-state index is 0.0774. The Balaban J connectivity index is 1.65. The number of aromatic nitrogens is 1. The van der Waals surface area contributed by atoms with Gasteiger partial charge in [0, 0.05) is 44.8 Å². The molecular formula is C26H31BrN6O2. The molecule has 1 unspecified atom stereocenters. The van der Waals surface area contributed by atoms with Crippen LogP contribution in [-0.4, -0.2) is 72.9 Å². The molecule has 3 rings (SSSR count). The normalized spacial score (nSPS) is 15.8. The Morgan fingerprint density at radius 1 is 1.20 bits per heavy atom. The number of amides is 2. The molecule has 1 atom stereocenters. The molecule has 0 spiro atoms. The number of piperazine rings is 1. The van der Waals surface area contributed by atoms with Gasteiger partial charge in [0.1, 0.15) is 16.2 Å². The van der Waals surface area contributed by atoms with Crippen LogP contribution >= 0.6 is 15.9 Å². The Bertz CT molecular complexity index is 1090. The van der Waals surface area contributed by atoms with E-state index in [0.29, 0.717) is 28.8 Å². The number of carbonyl (C=O) groups excluding carboxylic acids is 2. The minimum atomic E-state index is -0.483. The second kappa shape index (κ2) is 13.1. The van der Waals surface area contributed by atoms with Crippen LogP contribution < -0.4 is 10.6 Å². The van der Waals surface area contributed by atoms with E-state index in [1.807, 2.05) is 43.3 Å². The first-order chi connectivity index (χ1) is 16.9. The zero-order valence-corrected chi connectivity index (χ0v) is 21.7. The van der Waals surface area contributed by atoms with Crippen LogP contribution in [0.2, 0.25) is 0 Å². The molecule has 1 aliphatic rings. The summed E-state index contributed by atoms with van der Waals surface area (Å²) in [6, 6.07) is 14.6. The van der Waals surface area contributed by atoms with Crippen molar-refractivity contribution in [2.75, 3.05) is 46.3 Å². The quantitative estimate of drug-likeness (QED) is 0.289. The number of carbonyl (C=O) groups is 2. The average molecular weight is 539 g/mol. The summed E-state index contributed by atoms with van der Waals surface area (Å²) >= 11 is 3.33. The Labute approximate surface area is 215 Å². The van der Waals surface area contributed by atoms with Gasteiger partial charge in [-0.3, -0.25) is 14.5 Å². The predicted molar refractivity (Wildman–Crippen MR) is 139 cm³/mol. The zero-order valence-electron chi connectivity index (χ0n) is 20.1. The van der Waals surface area contributed by atoms with Crippen LogP contribution in [0, 0.1) is 11.3 Å². The lowest BCUT2D eigenvalue weighted by Gasteiger charge is -2.32. The first-order valence-electron chi connectivity index (χ1n) is 11.7. The zero-order chi connectivity index (χ0) is 25.2. The third kappa shape index (κ3) is 7.99. The molecule has 2 heterocycles. The van der Waals surface area contributed by atoms with Crippen molar-refractivity contribution in [1.29, 1.82) is 5.26 Å². The lowest BCUT2D eigenvalue weighted by Crippen LogP contribution is -2.46. The van der Waals surface area contributed by atoms with E-state index in [1.54, 1.807) is 12.1 Å². The van der Waals surface area contributed by atoms with E-state index < -0.39 is 5.91 Å². The van der Waals surface area contributed by atoms with Crippen LogP contribution in [0.15, 0.2) is 52.6 Å². The van der Waals surface area contributed by atoms with Gasteiger partial charge in [-0.05, 0) is 53.2 Å². The van der Waals surface area contributed by atoms with Crippen molar-refractivity contribution >= 4 is 33.8 Å². The van der Waals surface area contributed by atoms with Gasteiger partial charge in [0.2, 0.25) is 0 Å². The summed E-state index contributed by atoms with van der Waals surface area (Å²) in [7, 11) is 2.11. The van der Waals surface area contributed by atoms with Crippen molar-refractivity contribution in [3.8, 4) is 6.07 Å². The average Bonchev–Trinajstić information content (AvgIpc) is 2.87. The van der Waals surface area contributed by atoms with Crippen LogP contribution in [0.5, 0.6) is 0 Å². The van der Waals surface area contributed by atoms with E-state index in [2.05, 4.69) is 48.4 Å². The number of nitrogens with one attached hydrogen (secondary N) is 2. The maximum Gasteiger partial charge on any atom is 0.262 e. The van der Waals surface area contributed by atoms with Gasteiger partial charge >= 0.3 is 0 Å². The third-order valence-electron chi connectivity index (χ3n) is 5.96. The van der Waals surface area contributed by atoms with Crippen molar-refractivity contribution in [2.45, 2.75) is 19.4 Å². The van der Waals surface area contributed by atoms with Crippen LogP contribution in [0.1, 0.15) is 41.0 Å². The number of hydrogen-bond donors (Lipinski definition) is 2. The van der Waals surface area contributed by atoms with Crippen LogP contribution in [0.3, 0.4) is 0 Å². The molecule has 2 N–H and O–H groups in total. The summed E-state index contributed by atoms with van der Waals surface area (Å²) in [5.41, 5.74) is 1.65. The molecule has 0 bridgehead atoms. The van der Waals surface area contributed by atoms with Gasteiger partial charge in [-0.1, -0.05) is 37.3 Å². The first kappa shape index (κ1) is 26.5. The monoisotopic (exact) mass is 538 g/mol. The summed E-state index contributed by atoms with van der Waals surface area (Å²) in [6.07, 6.45) is 2.08. The molecule has 1 aliphatic heterocycles. The second-order valence-electron chi connectivity index (χ2n) is 8.52. The van der Waals surface area contributed by atoms with Gasteiger partial charge in [-0.15, -0.1) is 0 Å². The molecule has 184 valence electrons. The van der Waals surface area contributed by atoms with Crippen molar-refractivity contribution in [1.82, 2.24) is 25.4 Å².